The zero-order valence-corrected chi connectivity index (χ0v) is 12.9. The average Bonchev–Trinajstić information content (AvgIpc) is 2.90. The lowest BCUT2D eigenvalue weighted by Gasteiger charge is -2.11. The molecule has 1 amide bonds. The maximum Gasteiger partial charge on any atom is 0.257 e. The maximum absolute atomic E-state index is 12.4. The van der Waals surface area contributed by atoms with E-state index in [0.717, 1.165) is 10.0 Å². The van der Waals surface area contributed by atoms with Crippen LogP contribution in [0, 0.1) is 6.92 Å². The molecule has 21 heavy (non-hydrogen) atoms. The van der Waals surface area contributed by atoms with Gasteiger partial charge in [0.25, 0.3) is 5.91 Å². The van der Waals surface area contributed by atoms with Gasteiger partial charge in [0.15, 0.2) is 11.5 Å². The third-order valence-corrected chi connectivity index (χ3v) is 4.28. The number of carbonyl (C=O) groups excluding carboxylic acids is 1. The SMILES string of the molecule is Cc1cccc(NC(=O)c2cc3c(cc2N)OCO3)c1Br. The summed E-state index contributed by atoms with van der Waals surface area (Å²) in [7, 11) is 0. The van der Waals surface area contributed by atoms with Gasteiger partial charge in [-0.3, -0.25) is 4.79 Å². The largest absolute Gasteiger partial charge is 0.454 e. The monoisotopic (exact) mass is 348 g/mol. The summed E-state index contributed by atoms with van der Waals surface area (Å²) in [6.45, 7) is 2.10. The van der Waals surface area contributed by atoms with E-state index in [2.05, 4.69) is 21.2 Å². The van der Waals surface area contributed by atoms with Crippen molar-refractivity contribution in [2.45, 2.75) is 6.92 Å². The summed E-state index contributed by atoms with van der Waals surface area (Å²) in [4.78, 5) is 12.4. The van der Waals surface area contributed by atoms with Crippen LogP contribution in [0.25, 0.3) is 0 Å². The van der Waals surface area contributed by atoms with Crippen LogP contribution < -0.4 is 20.5 Å². The van der Waals surface area contributed by atoms with Gasteiger partial charge in [-0.15, -0.1) is 0 Å². The van der Waals surface area contributed by atoms with E-state index >= 15 is 0 Å². The number of nitrogens with two attached hydrogens (primary N) is 1. The van der Waals surface area contributed by atoms with Crippen molar-refractivity contribution < 1.29 is 14.3 Å². The molecule has 0 unspecified atom stereocenters. The molecule has 2 aromatic rings. The second-order valence-electron chi connectivity index (χ2n) is 4.68. The number of nitrogens with one attached hydrogen (secondary N) is 1. The van der Waals surface area contributed by atoms with Crippen LogP contribution in [0.4, 0.5) is 11.4 Å². The number of nitrogen functional groups attached to an aromatic ring is 1. The van der Waals surface area contributed by atoms with Gasteiger partial charge in [0.1, 0.15) is 0 Å². The van der Waals surface area contributed by atoms with Gasteiger partial charge in [-0.05, 0) is 40.5 Å². The summed E-state index contributed by atoms with van der Waals surface area (Å²) in [5.41, 5.74) is 8.34. The number of fused-ring (bicyclic) bond motifs is 1. The average molecular weight is 349 g/mol. The van der Waals surface area contributed by atoms with Crippen LogP contribution >= 0.6 is 15.9 Å². The van der Waals surface area contributed by atoms with Gasteiger partial charge in [-0.25, -0.2) is 0 Å². The Morgan fingerprint density at radius 3 is 2.76 bits per heavy atom. The molecule has 0 saturated heterocycles. The van der Waals surface area contributed by atoms with E-state index in [1.165, 1.54) is 0 Å². The van der Waals surface area contributed by atoms with Gasteiger partial charge >= 0.3 is 0 Å². The molecule has 2 aromatic carbocycles. The number of halogens is 1. The third kappa shape index (κ3) is 2.54. The van der Waals surface area contributed by atoms with Gasteiger partial charge in [-0.1, -0.05) is 12.1 Å². The van der Waals surface area contributed by atoms with Crippen LogP contribution in [0.2, 0.25) is 0 Å². The van der Waals surface area contributed by atoms with Gasteiger partial charge in [-0.2, -0.15) is 0 Å². The molecule has 0 atom stereocenters. The first-order valence-corrected chi connectivity index (χ1v) is 7.11. The highest BCUT2D eigenvalue weighted by Crippen LogP contribution is 2.36. The summed E-state index contributed by atoms with van der Waals surface area (Å²) in [5.74, 6) is 0.788. The van der Waals surface area contributed by atoms with Crippen molar-refractivity contribution >= 4 is 33.2 Å². The summed E-state index contributed by atoms with van der Waals surface area (Å²) >= 11 is 3.46. The summed E-state index contributed by atoms with van der Waals surface area (Å²) < 4.78 is 11.3. The Balaban J connectivity index is 1.91. The van der Waals surface area contributed by atoms with Crippen LogP contribution in [-0.4, -0.2) is 12.7 Å². The molecule has 108 valence electrons. The van der Waals surface area contributed by atoms with Crippen molar-refractivity contribution in [3.63, 3.8) is 0 Å². The zero-order chi connectivity index (χ0) is 15.0. The molecule has 0 spiro atoms. The Labute approximate surface area is 130 Å². The second-order valence-corrected chi connectivity index (χ2v) is 5.48. The quantitative estimate of drug-likeness (QED) is 0.816. The lowest BCUT2D eigenvalue weighted by Crippen LogP contribution is -2.14. The highest BCUT2D eigenvalue weighted by molar-refractivity contribution is 9.10. The Hall–Kier alpha value is -2.21. The minimum atomic E-state index is -0.294. The molecule has 0 aromatic heterocycles. The number of anilines is 2. The van der Waals surface area contributed by atoms with Gasteiger partial charge < -0.3 is 20.5 Å². The number of amides is 1. The maximum atomic E-state index is 12.4. The van der Waals surface area contributed by atoms with E-state index in [4.69, 9.17) is 15.2 Å². The summed E-state index contributed by atoms with van der Waals surface area (Å²) in [5, 5.41) is 2.84. The van der Waals surface area contributed by atoms with Crippen molar-refractivity contribution in [1.29, 1.82) is 0 Å². The fourth-order valence-corrected chi connectivity index (χ4v) is 2.45. The van der Waals surface area contributed by atoms with Gasteiger partial charge in [0.2, 0.25) is 6.79 Å². The van der Waals surface area contributed by atoms with E-state index in [1.807, 2.05) is 25.1 Å². The highest BCUT2D eigenvalue weighted by Gasteiger charge is 2.20. The molecule has 3 rings (SSSR count). The Morgan fingerprint density at radius 2 is 2.00 bits per heavy atom. The number of ether oxygens (including phenoxy) is 2. The van der Waals surface area contributed by atoms with Crippen molar-refractivity contribution in [2.75, 3.05) is 17.8 Å². The molecule has 1 heterocycles. The molecule has 1 aliphatic heterocycles. The van der Waals surface area contributed by atoms with Crippen LogP contribution in [0.3, 0.4) is 0 Å². The topological polar surface area (TPSA) is 73.6 Å². The molecule has 0 fully saturated rings. The number of hydrogen-bond acceptors (Lipinski definition) is 4. The molecular formula is C15H13BrN2O3. The highest BCUT2D eigenvalue weighted by atomic mass is 79.9. The number of carbonyl (C=O) groups is 1. The van der Waals surface area contributed by atoms with Crippen molar-refractivity contribution in [3.05, 3.63) is 45.9 Å². The summed E-state index contributed by atoms with van der Waals surface area (Å²) in [6.07, 6.45) is 0. The molecule has 6 heteroatoms. The molecule has 0 radical (unpaired) electrons. The minimum Gasteiger partial charge on any atom is -0.454 e. The number of hydrogen-bond donors (Lipinski definition) is 2. The molecule has 0 saturated carbocycles. The zero-order valence-electron chi connectivity index (χ0n) is 11.3. The normalized spacial score (nSPS) is 12.3. The van der Waals surface area contributed by atoms with Crippen LogP contribution in [0.15, 0.2) is 34.8 Å². The lowest BCUT2D eigenvalue weighted by atomic mass is 10.1. The smallest absolute Gasteiger partial charge is 0.257 e. The molecule has 5 nitrogen and oxygen atoms in total. The second kappa shape index (κ2) is 5.29. The first kappa shape index (κ1) is 13.8. The predicted molar refractivity (Wildman–Crippen MR) is 83.8 cm³/mol. The van der Waals surface area contributed by atoms with Gasteiger partial charge in [0.05, 0.1) is 11.3 Å². The number of aryl methyl sites for hydroxylation is 1. The van der Waals surface area contributed by atoms with E-state index in [-0.39, 0.29) is 12.7 Å². The van der Waals surface area contributed by atoms with Crippen molar-refractivity contribution in [2.24, 2.45) is 0 Å². The molecule has 0 bridgehead atoms. The number of rotatable bonds is 2. The Kier molecular flexibility index (Phi) is 3.47. The molecular weight excluding hydrogens is 336 g/mol. The summed E-state index contributed by atoms with van der Waals surface area (Å²) in [6, 6.07) is 8.84. The van der Waals surface area contributed by atoms with Crippen molar-refractivity contribution in [3.8, 4) is 11.5 Å². The number of benzene rings is 2. The first-order valence-electron chi connectivity index (χ1n) is 6.32. The van der Waals surface area contributed by atoms with E-state index in [9.17, 15) is 4.79 Å². The fourth-order valence-electron chi connectivity index (χ4n) is 2.09. The Morgan fingerprint density at radius 1 is 1.29 bits per heavy atom. The standard InChI is InChI=1S/C15H13BrN2O3/c1-8-3-2-4-11(14(8)16)18-15(19)9-5-12-13(6-10(9)17)21-7-20-12/h2-6H,7,17H2,1H3,(H,18,19). The first-order chi connectivity index (χ1) is 10.1. The fraction of sp³-hybridized carbons (Fsp3) is 0.133. The minimum absolute atomic E-state index is 0.142. The molecule has 3 N–H and O–H groups in total. The van der Waals surface area contributed by atoms with E-state index in [1.54, 1.807) is 12.1 Å². The van der Waals surface area contributed by atoms with Gasteiger partial charge in [0, 0.05) is 16.2 Å². The third-order valence-electron chi connectivity index (χ3n) is 3.23. The molecule has 0 aliphatic carbocycles. The Bertz CT molecular complexity index is 731. The van der Waals surface area contributed by atoms with Crippen LogP contribution in [-0.2, 0) is 0 Å². The molecule has 1 aliphatic rings. The van der Waals surface area contributed by atoms with Crippen LogP contribution in [0.1, 0.15) is 15.9 Å². The lowest BCUT2D eigenvalue weighted by molar-refractivity contribution is 0.102. The van der Waals surface area contributed by atoms with E-state index in [0.29, 0.717) is 28.4 Å². The van der Waals surface area contributed by atoms with E-state index < -0.39 is 0 Å². The predicted octanol–water partition coefficient (Wildman–Crippen LogP) is 3.32. The van der Waals surface area contributed by atoms with Crippen molar-refractivity contribution in [1.82, 2.24) is 0 Å². The van der Waals surface area contributed by atoms with Crippen LogP contribution in [0.5, 0.6) is 11.5 Å².